The highest BCUT2D eigenvalue weighted by molar-refractivity contribution is 7.10. The zero-order valence-electron chi connectivity index (χ0n) is 8.56. The first-order valence-electron chi connectivity index (χ1n) is 4.96. The van der Waals surface area contributed by atoms with Crippen molar-refractivity contribution in [3.63, 3.8) is 0 Å². The molecule has 0 spiro atoms. The highest BCUT2D eigenvalue weighted by Crippen LogP contribution is 2.19. The molecule has 0 saturated heterocycles. The highest BCUT2D eigenvalue weighted by atomic mass is 32.1. The molecule has 2 nitrogen and oxygen atoms in total. The predicted molar refractivity (Wildman–Crippen MR) is 64.2 cm³/mol. The Kier molecular flexibility index (Phi) is 3.54. The van der Waals surface area contributed by atoms with E-state index in [0.717, 1.165) is 10.6 Å². The predicted octanol–water partition coefficient (Wildman–Crippen LogP) is 3.03. The molecule has 84 valence electrons. The molecule has 4 heteroatoms. The summed E-state index contributed by atoms with van der Waals surface area (Å²) >= 11 is 1.52. The third kappa shape index (κ3) is 2.81. The van der Waals surface area contributed by atoms with E-state index in [1.165, 1.54) is 23.5 Å². The van der Waals surface area contributed by atoms with Gasteiger partial charge in [0.25, 0.3) is 0 Å². The molecule has 0 aliphatic heterocycles. The number of nitrogens with one attached hydrogen (secondary N) is 1. The van der Waals surface area contributed by atoms with Gasteiger partial charge in [-0.15, -0.1) is 11.3 Å². The molecule has 0 saturated carbocycles. The van der Waals surface area contributed by atoms with E-state index in [1.807, 2.05) is 17.5 Å². The number of halogens is 1. The van der Waals surface area contributed by atoms with Crippen molar-refractivity contribution >= 4 is 17.0 Å². The molecule has 0 amide bonds. The van der Waals surface area contributed by atoms with Crippen LogP contribution in [0.5, 0.6) is 0 Å². The Labute approximate surface area is 97.4 Å². The van der Waals surface area contributed by atoms with E-state index < -0.39 is 6.10 Å². The average Bonchev–Trinajstić information content (AvgIpc) is 2.81. The summed E-state index contributed by atoms with van der Waals surface area (Å²) in [6.07, 6.45) is -0.523. The summed E-state index contributed by atoms with van der Waals surface area (Å²) in [6.45, 7) is 0.423. The van der Waals surface area contributed by atoms with Crippen LogP contribution < -0.4 is 5.32 Å². The van der Waals surface area contributed by atoms with Gasteiger partial charge in [0.05, 0.1) is 0 Å². The van der Waals surface area contributed by atoms with Crippen LogP contribution in [-0.2, 0) is 0 Å². The van der Waals surface area contributed by atoms with Crippen molar-refractivity contribution in [1.29, 1.82) is 0 Å². The van der Waals surface area contributed by atoms with Crippen molar-refractivity contribution in [2.75, 3.05) is 11.9 Å². The van der Waals surface area contributed by atoms with E-state index in [1.54, 1.807) is 12.1 Å². The summed E-state index contributed by atoms with van der Waals surface area (Å²) in [7, 11) is 0. The molecule has 0 bridgehead atoms. The van der Waals surface area contributed by atoms with Crippen LogP contribution in [0.4, 0.5) is 10.1 Å². The molecule has 1 unspecified atom stereocenters. The van der Waals surface area contributed by atoms with E-state index in [4.69, 9.17) is 0 Å². The number of benzene rings is 1. The summed E-state index contributed by atoms with van der Waals surface area (Å²) in [5.41, 5.74) is 0.803. The second kappa shape index (κ2) is 5.09. The van der Waals surface area contributed by atoms with Crippen molar-refractivity contribution in [3.05, 3.63) is 52.5 Å². The van der Waals surface area contributed by atoms with E-state index >= 15 is 0 Å². The van der Waals surface area contributed by atoms with Gasteiger partial charge >= 0.3 is 0 Å². The summed E-state index contributed by atoms with van der Waals surface area (Å²) in [5, 5.41) is 14.8. The Bertz CT molecular complexity index is 427. The van der Waals surface area contributed by atoms with Gasteiger partial charge in [0.15, 0.2) is 0 Å². The van der Waals surface area contributed by atoms with Crippen molar-refractivity contribution < 1.29 is 9.50 Å². The Morgan fingerprint density at radius 2 is 2.00 bits per heavy atom. The molecular weight excluding hydrogens is 225 g/mol. The lowest BCUT2D eigenvalue weighted by atomic mass is 10.2. The number of aliphatic hydroxyl groups is 1. The van der Waals surface area contributed by atoms with Crippen molar-refractivity contribution in [1.82, 2.24) is 0 Å². The van der Waals surface area contributed by atoms with Crippen LogP contribution >= 0.6 is 11.3 Å². The minimum Gasteiger partial charge on any atom is -0.386 e. The molecule has 1 aromatic carbocycles. The van der Waals surface area contributed by atoms with Crippen LogP contribution in [0.1, 0.15) is 11.0 Å². The first-order chi connectivity index (χ1) is 7.75. The molecule has 0 radical (unpaired) electrons. The Balaban J connectivity index is 1.90. The van der Waals surface area contributed by atoms with Crippen LogP contribution in [0.3, 0.4) is 0 Å². The first-order valence-corrected chi connectivity index (χ1v) is 5.84. The molecule has 0 aliphatic carbocycles. The van der Waals surface area contributed by atoms with Gasteiger partial charge in [0.1, 0.15) is 11.9 Å². The number of thiophene rings is 1. The SMILES string of the molecule is OC(CNc1ccc(F)cc1)c1cccs1. The van der Waals surface area contributed by atoms with Crippen LogP contribution in [-0.4, -0.2) is 11.7 Å². The normalized spacial score (nSPS) is 12.4. The molecular formula is C12H12FNOS. The third-order valence-corrected chi connectivity index (χ3v) is 3.19. The molecule has 0 aliphatic rings. The Morgan fingerprint density at radius 1 is 1.25 bits per heavy atom. The minimum atomic E-state index is -0.523. The molecule has 1 heterocycles. The maximum atomic E-state index is 12.6. The molecule has 1 atom stereocenters. The zero-order valence-corrected chi connectivity index (χ0v) is 9.38. The fourth-order valence-electron chi connectivity index (χ4n) is 1.36. The maximum absolute atomic E-state index is 12.6. The zero-order chi connectivity index (χ0) is 11.4. The van der Waals surface area contributed by atoms with Gasteiger partial charge < -0.3 is 10.4 Å². The highest BCUT2D eigenvalue weighted by Gasteiger charge is 2.07. The van der Waals surface area contributed by atoms with Gasteiger partial charge in [-0.1, -0.05) is 6.07 Å². The summed E-state index contributed by atoms with van der Waals surface area (Å²) < 4.78 is 12.6. The van der Waals surface area contributed by atoms with E-state index in [9.17, 15) is 9.50 Å². The summed E-state index contributed by atoms with van der Waals surface area (Å²) in [5.74, 6) is -0.260. The fourth-order valence-corrected chi connectivity index (χ4v) is 2.08. The van der Waals surface area contributed by atoms with Gasteiger partial charge in [-0.05, 0) is 35.7 Å². The van der Waals surface area contributed by atoms with E-state index in [0.29, 0.717) is 6.54 Å². The monoisotopic (exact) mass is 237 g/mol. The maximum Gasteiger partial charge on any atom is 0.123 e. The lowest BCUT2D eigenvalue weighted by molar-refractivity contribution is 0.195. The van der Waals surface area contributed by atoms with Gasteiger partial charge in [0.2, 0.25) is 0 Å². The molecule has 16 heavy (non-hydrogen) atoms. The number of hydrogen-bond donors (Lipinski definition) is 2. The topological polar surface area (TPSA) is 32.3 Å². The van der Waals surface area contributed by atoms with Crippen LogP contribution in [0.2, 0.25) is 0 Å². The number of aliphatic hydroxyl groups excluding tert-OH is 1. The standard InChI is InChI=1S/C12H12FNOS/c13-9-3-5-10(6-4-9)14-8-11(15)12-2-1-7-16-12/h1-7,11,14-15H,8H2. The smallest absolute Gasteiger partial charge is 0.123 e. The van der Waals surface area contributed by atoms with Crippen LogP contribution in [0, 0.1) is 5.82 Å². The van der Waals surface area contributed by atoms with Crippen LogP contribution in [0.15, 0.2) is 41.8 Å². The van der Waals surface area contributed by atoms with Crippen LogP contribution in [0.25, 0.3) is 0 Å². The second-order valence-electron chi connectivity index (χ2n) is 3.42. The molecule has 2 rings (SSSR count). The third-order valence-electron chi connectivity index (χ3n) is 2.22. The Hall–Kier alpha value is -1.39. The molecule has 2 N–H and O–H groups in total. The fraction of sp³-hybridized carbons (Fsp3) is 0.167. The second-order valence-corrected chi connectivity index (χ2v) is 4.40. The quantitative estimate of drug-likeness (QED) is 0.856. The largest absolute Gasteiger partial charge is 0.386 e. The minimum absolute atomic E-state index is 0.260. The number of rotatable bonds is 4. The molecule has 2 aromatic rings. The number of hydrogen-bond acceptors (Lipinski definition) is 3. The summed E-state index contributed by atoms with van der Waals surface area (Å²) in [6, 6.07) is 9.87. The van der Waals surface area contributed by atoms with Crippen molar-refractivity contribution in [2.45, 2.75) is 6.10 Å². The van der Waals surface area contributed by atoms with E-state index in [-0.39, 0.29) is 5.82 Å². The first kappa shape index (κ1) is 11.1. The molecule has 1 aromatic heterocycles. The lowest BCUT2D eigenvalue weighted by Crippen LogP contribution is -2.10. The van der Waals surface area contributed by atoms with E-state index in [2.05, 4.69) is 5.32 Å². The summed E-state index contributed by atoms with van der Waals surface area (Å²) in [4.78, 5) is 0.926. The number of anilines is 1. The van der Waals surface area contributed by atoms with Gasteiger partial charge in [-0.2, -0.15) is 0 Å². The Morgan fingerprint density at radius 3 is 2.62 bits per heavy atom. The average molecular weight is 237 g/mol. The van der Waals surface area contributed by atoms with Gasteiger partial charge in [-0.3, -0.25) is 0 Å². The lowest BCUT2D eigenvalue weighted by Gasteiger charge is -2.11. The van der Waals surface area contributed by atoms with Gasteiger partial charge in [-0.25, -0.2) is 4.39 Å². The van der Waals surface area contributed by atoms with Crippen molar-refractivity contribution in [3.8, 4) is 0 Å². The van der Waals surface area contributed by atoms with Gasteiger partial charge in [0, 0.05) is 17.1 Å². The van der Waals surface area contributed by atoms with Crippen molar-refractivity contribution in [2.24, 2.45) is 0 Å². The molecule has 0 fully saturated rings.